The van der Waals surface area contributed by atoms with Crippen molar-refractivity contribution in [3.63, 3.8) is 0 Å². The number of aryl methyl sites for hydroxylation is 2. The summed E-state index contributed by atoms with van der Waals surface area (Å²) < 4.78 is 1.75. The highest BCUT2D eigenvalue weighted by molar-refractivity contribution is 7.13. The maximum atomic E-state index is 12.3. The summed E-state index contributed by atoms with van der Waals surface area (Å²) in [5.74, 6) is 0. The smallest absolute Gasteiger partial charge is 0.260 e. The van der Waals surface area contributed by atoms with Crippen molar-refractivity contribution >= 4 is 16.5 Å². The Balaban J connectivity index is 2.74. The second-order valence-corrected chi connectivity index (χ2v) is 4.85. The summed E-state index contributed by atoms with van der Waals surface area (Å²) in [5.41, 5.74) is 8.88. The molecule has 2 rings (SSSR count). The highest BCUT2D eigenvalue weighted by Gasteiger charge is 2.13. The summed E-state index contributed by atoms with van der Waals surface area (Å²) in [6, 6.07) is 2.01. The molecule has 2 aromatic heterocycles. The third-order valence-electron chi connectivity index (χ3n) is 2.80. The van der Waals surface area contributed by atoms with Crippen molar-refractivity contribution in [1.29, 1.82) is 0 Å². The molecule has 90 valence electrons. The van der Waals surface area contributed by atoms with Crippen LogP contribution in [0.3, 0.4) is 0 Å². The van der Waals surface area contributed by atoms with E-state index in [4.69, 9.17) is 5.73 Å². The largest absolute Gasteiger partial charge is 0.375 e. The fourth-order valence-electron chi connectivity index (χ4n) is 2.03. The molecule has 2 N–H and O–H groups in total. The minimum atomic E-state index is 0.00954. The number of aromatic nitrogens is 2. The first kappa shape index (κ1) is 11.9. The molecule has 0 aliphatic carbocycles. The Bertz CT molecular complexity index is 613. The molecule has 0 spiro atoms. The van der Waals surface area contributed by atoms with Gasteiger partial charge in [-0.25, -0.2) is 4.98 Å². The zero-order chi connectivity index (χ0) is 12.6. The summed E-state index contributed by atoms with van der Waals surface area (Å²) in [7, 11) is 0. The number of nitrogen functional groups attached to an aromatic ring is 1. The molecule has 2 aromatic rings. The van der Waals surface area contributed by atoms with E-state index in [1.165, 1.54) is 11.3 Å². The van der Waals surface area contributed by atoms with Crippen LogP contribution in [0.2, 0.25) is 0 Å². The minimum Gasteiger partial charge on any atom is -0.375 e. The summed E-state index contributed by atoms with van der Waals surface area (Å²) in [4.78, 5) is 16.5. The standard InChI is InChI=1S/C12H15N3OS/c1-4-15-8(3)5-7(2)10(11(15)16)9-6-17-12(13)14-9/h5-6H,4H2,1-3H3,(H2,13,14). The minimum absolute atomic E-state index is 0.00954. The summed E-state index contributed by atoms with van der Waals surface area (Å²) >= 11 is 1.35. The molecular weight excluding hydrogens is 234 g/mol. The van der Waals surface area contributed by atoms with Crippen LogP contribution in [0.15, 0.2) is 16.2 Å². The number of thiazole rings is 1. The molecule has 0 saturated heterocycles. The van der Waals surface area contributed by atoms with Crippen LogP contribution in [0.5, 0.6) is 0 Å². The van der Waals surface area contributed by atoms with Crippen LogP contribution in [0, 0.1) is 13.8 Å². The van der Waals surface area contributed by atoms with Crippen molar-refractivity contribution in [3.8, 4) is 11.3 Å². The molecule has 0 aromatic carbocycles. The molecule has 0 saturated carbocycles. The van der Waals surface area contributed by atoms with Crippen LogP contribution in [0.4, 0.5) is 5.13 Å². The lowest BCUT2D eigenvalue weighted by atomic mass is 10.1. The Morgan fingerprint density at radius 3 is 2.71 bits per heavy atom. The molecule has 5 heteroatoms. The fraction of sp³-hybridized carbons (Fsp3) is 0.333. The lowest BCUT2D eigenvalue weighted by Gasteiger charge is -2.11. The Hall–Kier alpha value is -1.62. The Kier molecular flexibility index (Phi) is 3.02. The van der Waals surface area contributed by atoms with Gasteiger partial charge < -0.3 is 10.3 Å². The van der Waals surface area contributed by atoms with Gasteiger partial charge in [-0.15, -0.1) is 11.3 Å². The number of nitrogens with zero attached hydrogens (tertiary/aromatic N) is 2. The quantitative estimate of drug-likeness (QED) is 0.887. The molecule has 0 atom stereocenters. The predicted octanol–water partition coefficient (Wildman–Crippen LogP) is 2.19. The first-order chi connectivity index (χ1) is 8.04. The number of nitrogens with two attached hydrogens (primary N) is 1. The molecule has 4 nitrogen and oxygen atoms in total. The van der Waals surface area contributed by atoms with Crippen molar-refractivity contribution in [3.05, 3.63) is 33.1 Å². The van der Waals surface area contributed by atoms with E-state index in [9.17, 15) is 4.79 Å². The molecule has 0 radical (unpaired) electrons. The van der Waals surface area contributed by atoms with Gasteiger partial charge in [-0.2, -0.15) is 0 Å². The summed E-state index contributed by atoms with van der Waals surface area (Å²) in [6.45, 7) is 6.50. The lowest BCUT2D eigenvalue weighted by molar-refractivity contribution is 0.700. The van der Waals surface area contributed by atoms with E-state index in [0.717, 1.165) is 11.3 Å². The van der Waals surface area contributed by atoms with Crippen molar-refractivity contribution in [1.82, 2.24) is 9.55 Å². The third kappa shape index (κ3) is 1.98. The molecule has 0 amide bonds. The Morgan fingerprint density at radius 2 is 2.18 bits per heavy atom. The van der Waals surface area contributed by atoms with E-state index < -0.39 is 0 Å². The zero-order valence-corrected chi connectivity index (χ0v) is 11.0. The molecule has 17 heavy (non-hydrogen) atoms. The predicted molar refractivity (Wildman–Crippen MR) is 71.4 cm³/mol. The molecule has 0 bridgehead atoms. The highest BCUT2D eigenvalue weighted by atomic mass is 32.1. The van der Waals surface area contributed by atoms with Gasteiger partial charge in [0.05, 0.1) is 11.3 Å². The van der Waals surface area contributed by atoms with E-state index >= 15 is 0 Å². The van der Waals surface area contributed by atoms with Crippen LogP contribution in [0.25, 0.3) is 11.3 Å². The first-order valence-electron chi connectivity index (χ1n) is 5.47. The van der Waals surface area contributed by atoms with Gasteiger partial charge in [0.1, 0.15) is 0 Å². The molecular formula is C12H15N3OS. The van der Waals surface area contributed by atoms with Crippen LogP contribution < -0.4 is 11.3 Å². The van der Waals surface area contributed by atoms with E-state index in [1.807, 2.05) is 32.2 Å². The normalized spacial score (nSPS) is 10.8. The van der Waals surface area contributed by atoms with Gasteiger partial charge in [-0.1, -0.05) is 0 Å². The van der Waals surface area contributed by atoms with Gasteiger partial charge in [0.15, 0.2) is 5.13 Å². The van der Waals surface area contributed by atoms with E-state index in [0.29, 0.717) is 22.9 Å². The highest BCUT2D eigenvalue weighted by Crippen LogP contribution is 2.23. The van der Waals surface area contributed by atoms with Gasteiger partial charge in [-0.3, -0.25) is 4.79 Å². The summed E-state index contributed by atoms with van der Waals surface area (Å²) in [5, 5.41) is 2.32. The van der Waals surface area contributed by atoms with E-state index in [-0.39, 0.29) is 5.56 Å². The lowest BCUT2D eigenvalue weighted by Crippen LogP contribution is -2.24. The van der Waals surface area contributed by atoms with Crippen LogP contribution >= 0.6 is 11.3 Å². The van der Waals surface area contributed by atoms with Crippen molar-refractivity contribution in [2.75, 3.05) is 5.73 Å². The van der Waals surface area contributed by atoms with Gasteiger partial charge in [0.2, 0.25) is 0 Å². The Labute approximate surface area is 104 Å². The second kappa shape index (κ2) is 4.33. The number of pyridine rings is 1. The summed E-state index contributed by atoms with van der Waals surface area (Å²) in [6.07, 6.45) is 0. The number of hydrogen-bond acceptors (Lipinski definition) is 4. The molecule has 0 fully saturated rings. The van der Waals surface area contributed by atoms with Gasteiger partial charge >= 0.3 is 0 Å². The second-order valence-electron chi connectivity index (χ2n) is 3.96. The number of hydrogen-bond donors (Lipinski definition) is 1. The van der Waals surface area contributed by atoms with Crippen molar-refractivity contribution in [2.45, 2.75) is 27.3 Å². The third-order valence-corrected chi connectivity index (χ3v) is 3.47. The molecule has 2 heterocycles. The SMILES string of the molecule is CCn1c(C)cc(C)c(-c2csc(N)n2)c1=O. The fourth-order valence-corrected chi connectivity index (χ4v) is 2.59. The maximum Gasteiger partial charge on any atom is 0.260 e. The van der Waals surface area contributed by atoms with Crippen LogP contribution in [-0.2, 0) is 6.54 Å². The monoisotopic (exact) mass is 249 g/mol. The number of rotatable bonds is 2. The van der Waals surface area contributed by atoms with Gasteiger partial charge in [0, 0.05) is 17.6 Å². The average molecular weight is 249 g/mol. The zero-order valence-electron chi connectivity index (χ0n) is 10.2. The Morgan fingerprint density at radius 1 is 1.47 bits per heavy atom. The van der Waals surface area contributed by atoms with Gasteiger partial charge in [0.25, 0.3) is 5.56 Å². The van der Waals surface area contributed by atoms with Crippen molar-refractivity contribution in [2.24, 2.45) is 0 Å². The first-order valence-corrected chi connectivity index (χ1v) is 6.35. The van der Waals surface area contributed by atoms with Crippen LogP contribution in [-0.4, -0.2) is 9.55 Å². The van der Waals surface area contributed by atoms with Gasteiger partial charge in [-0.05, 0) is 32.4 Å². The molecule has 0 aliphatic heterocycles. The average Bonchev–Trinajstić information content (AvgIpc) is 2.64. The maximum absolute atomic E-state index is 12.3. The van der Waals surface area contributed by atoms with Crippen molar-refractivity contribution < 1.29 is 0 Å². The molecule has 0 aliphatic rings. The number of anilines is 1. The molecule has 0 unspecified atom stereocenters. The topological polar surface area (TPSA) is 60.9 Å². The van der Waals surface area contributed by atoms with Crippen LogP contribution in [0.1, 0.15) is 18.2 Å². The van der Waals surface area contributed by atoms with E-state index in [1.54, 1.807) is 4.57 Å². The van der Waals surface area contributed by atoms with E-state index in [2.05, 4.69) is 4.98 Å².